The van der Waals surface area contributed by atoms with Gasteiger partial charge in [-0.1, -0.05) is 24.3 Å². The molecule has 1 heterocycles. The van der Waals surface area contributed by atoms with Crippen molar-refractivity contribution in [2.24, 2.45) is 0 Å². The molecule has 1 aromatic heterocycles. The maximum absolute atomic E-state index is 12.3. The van der Waals surface area contributed by atoms with Crippen molar-refractivity contribution in [2.45, 2.75) is 6.92 Å². The van der Waals surface area contributed by atoms with Crippen LogP contribution >= 0.6 is 0 Å². The number of nitrogens with zero attached hydrogens (tertiary/aromatic N) is 1. The van der Waals surface area contributed by atoms with Gasteiger partial charge in [-0.05, 0) is 24.6 Å². The maximum Gasteiger partial charge on any atom is 0.292 e. The lowest BCUT2D eigenvalue weighted by Crippen LogP contribution is -2.16. The van der Waals surface area contributed by atoms with Gasteiger partial charge in [-0.25, -0.2) is 0 Å². The zero-order chi connectivity index (χ0) is 17.3. The molecule has 2 aromatic carbocycles. The van der Waals surface area contributed by atoms with Crippen LogP contribution in [-0.4, -0.2) is 10.8 Å². The molecule has 0 saturated heterocycles. The Hall–Kier alpha value is -3.48. The number of carbonyl (C=O) groups is 1. The third kappa shape index (κ3) is 2.74. The van der Waals surface area contributed by atoms with Crippen LogP contribution in [0.4, 0.5) is 11.4 Å². The van der Waals surface area contributed by atoms with E-state index < -0.39 is 10.8 Å². The summed E-state index contributed by atoms with van der Waals surface area (Å²) in [6.07, 6.45) is 0. The first-order valence-electron chi connectivity index (χ1n) is 7.05. The highest BCUT2D eigenvalue weighted by Crippen LogP contribution is 2.24. The molecule has 0 fully saturated rings. The standard InChI is InChI=1S/C17H12N2O5/c1-10-5-4-6-11-14(20)9-15(24-16(10)11)17(21)18-12-7-2-3-8-13(12)19(22)23/h2-9H,1H3,(H,18,21). The first-order valence-corrected chi connectivity index (χ1v) is 7.05. The van der Waals surface area contributed by atoms with Gasteiger partial charge in [0.25, 0.3) is 11.6 Å². The predicted octanol–water partition coefficient (Wildman–Crippen LogP) is 3.26. The Bertz CT molecular complexity index is 1020. The number of anilines is 1. The van der Waals surface area contributed by atoms with Crippen LogP contribution in [0.2, 0.25) is 0 Å². The number of nitro benzene ring substituents is 1. The molecule has 0 unspecified atom stereocenters. The summed E-state index contributed by atoms with van der Waals surface area (Å²) in [5.41, 5.74) is 0.459. The summed E-state index contributed by atoms with van der Waals surface area (Å²) in [6.45, 7) is 1.76. The average Bonchev–Trinajstić information content (AvgIpc) is 2.56. The zero-order valence-electron chi connectivity index (χ0n) is 12.6. The summed E-state index contributed by atoms with van der Waals surface area (Å²) in [5, 5.41) is 13.8. The van der Waals surface area contributed by atoms with Crippen LogP contribution < -0.4 is 10.7 Å². The number of fused-ring (bicyclic) bond motifs is 1. The highest BCUT2D eigenvalue weighted by Gasteiger charge is 2.18. The molecule has 24 heavy (non-hydrogen) atoms. The fraction of sp³-hybridized carbons (Fsp3) is 0.0588. The number of nitro groups is 1. The predicted molar refractivity (Wildman–Crippen MR) is 88.3 cm³/mol. The van der Waals surface area contributed by atoms with Crippen molar-refractivity contribution in [3.8, 4) is 0 Å². The van der Waals surface area contributed by atoms with Gasteiger partial charge < -0.3 is 9.73 Å². The molecule has 0 aliphatic heterocycles. The number of carbonyl (C=O) groups excluding carboxylic acids is 1. The molecule has 0 radical (unpaired) electrons. The highest BCUT2D eigenvalue weighted by molar-refractivity contribution is 6.04. The lowest BCUT2D eigenvalue weighted by Gasteiger charge is -2.07. The Morgan fingerprint density at radius 1 is 1.17 bits per heavy atom. The van der Waals surface area contributed by atoms with E-state index in [1.165, 1.54) is 18.2 Å². The third-order valence-electron chi connectivity index (χ3n) is 3.52. The normalized spacial score (nSPS) is 10.5. The van der Waals surface area contributed by atoms with Gasteiger partial charge >= 0.3 is 0 Å². The van der Waals surface area contributed by atoms with Gasteiger partial charge in [0, 0.05) is 12.1 Å². The van der Waals surface area contributed by atoms with E-state index in [-0.39, 0.29) is 22.6 Å². The minimum Gasteiger partial charge on any atom is -0.450 e. The number of nitrogens with one attached hydrogen (secondary N) is 1. The van der Waals surface area contributed by atoms with Crippen LogP contribution in [0.25, 0.3) is 11.0 Å². The summed E-state index contributed by atoms with van der Waals surface area (Å²) in [7, 11) is 0. The minimum absolute atomic E-state index is 0.0278. The monoisotopic (exact) mass is 324 g/mol. The van der Waals surface area contributed by atoms with Gasteiger partial charge in [0.1, 0.15) is 11.3 Å². The Morgan fingerprint density at radius 2 is 1.92 bits per heavy atom. The van der Waals surface area contributed by atoms with Crippen LogP contribution in [0.15, 0.2) is 57.7 Å². The van der Waals surface area contributed by atoms with Gasteiger partial charge in [-0.2, -0.15) is 0 Å². The van der Waals surface area contributed by atoms with Crippen molar-refractivity contribution in [1.29, 1.82) is 0 Å². The summed E-state index contributed by atoms with van der Waals surface area (Å²) < 4.78 is 5.53. The first-order chi connectivity index (χ1) is 11.5. The Kier molecular flexibility index (Phi) is 3.83. The van der Waals surface area contributed by atoms with Gasteiger partial charge in [0.05, 0.1) is 10.3 Å². The van der Waals surface area contributed by atoms with Crippen molar-refractivity contribution >= 4 is 28.3 Å². The first kappa shape index (κ1) is 15.4. The van der Waals surface area contributed by atoms with Crippen molar-refractivity contribution in [3.05, 3.63) is 80.2 Å². The number of aryl methyl sites for hydroxylation is 1. The molecule has 120 valence electrons. The van der Waals surface area contributed by atoms with E-state index in [9.17, 15) is 19.7 Å². The van der Waals surface area contributed by atoms with E-state index in [0.29, 0.717) is 16.5 Å². The third-order valence-corrected chi connectivity index (χ3v) is 3.52. The molecule has 0 spiro atoms. The molecule has 1 N–H and O–H groups in total. The fourth-order valence-electron chi connectivity index (χ4n) is 2.35. The second-order valence-corrected chi connectivity index (χ2v) is 5.15. The Balaban J connectivity index is 2.03. The average molecular weight is 324 g/mol. The van der Waals surface area contributed by atoms with Crippen LogP contribution in [0.5, 0.6) is 0 Å². The van der Waals surface area contributed by atoms with Gasteiger partial charge in [0.15, 0.2) is 11.2 Å². The van der Waals surface area contributed by atoms with Crippen LogP contribution in [-0.2, 0) is 0 Å². The molecular weight excluding hydrogens is 312 g/mol. The molecule has 0 aliphatic rings. The molecule has 3 aromatic rings. The number of para-hydroxylation sites is 3. The molecule has 7 heteroatoms. The second-order valence-electron chi connectivity index (χ2n) is 5.15. The van der Waals surface area contributed by atoms with Crippen molar-refractivity contribution in [1.82, 2.24) is 0 Å². The molecule has 0 bridgehead atoms. The second kappa shape index (κ2) is 5.96. The van der Waals surface area contributed by atoms with Crippen LogP contribution in [0.1, 0.15) is 16.1 Å². The number of hydrogen-bond acceptors (Lipinski definition) is 5. The topological polar surface area (TPSA) is 102 Å². The van der Waals surface area contributed by atoms with E-state index >= 15 is 0 Å². The minimum atomic E-state index is -0.730. The summed E-state index contributed by atoms with van der Waals surface area (Å²) in [6, 6.07) is 11.9. The molecule has 0 atom stereocenters. The number of hydrogen-bond donors (Lipinski definition) is 1. The number of amides is 1. The Morgan fingerprint density at radius 3 is 2.67 bits per heavy atom. The highest BCUT2D eigenvalue weighted by atomic mass is 16.6. The summed E-state index contributed by atoms with van der Waals surface area (Å²) in [4.78, 5) is 34.9. The van der Waals surface area contributed by atoms with Crippen LogP contribution in [0, 0.1) is 17.0 Å². The lowest BCUT2D eigenvalue weighted by atomic mass is 10.1. The molecule has 0 aliphatic carbocycles. The van der Waals surface area contributed by atoms with E-state index in [1.807, 2.05) is 0 Å². The SMILES string of the molecule is Cc1cccc2c(=O)cc(C(=O)Nc3ccccc3[N+](=O)[O-])oc12. The molecule has 7 nitrogen and oxygen atoms in total. The molecule has 0 saturated carbocycles. The molecule has 1 amide bonds. The lowest BCUT2D eigenvalue weighted by molar-refractivity contribution is -0.383. The molecule has 3 rings (SSSR count). The maximum atomic E-state index is 12.3. The zero-order valence-corrected chi connectivity index (χ0v) is 12.6. The van der Waals surface area contributed by atoms with Gasteiger partial charge in [-0.15, -0.1) is 0 Å². The van der Waals surface area contributed by atoms with Crippen molar-refractivity contribution < 1.29 is 14.1 Å². The van der Waals surface area contributed by atoms with E-state index in [1.54, 1.807) is 31.2 Å². The fourth-order valence-corrected chi connectivity index (χ4v) is 2.35. The smallest absolute Gasteiger partial charge is 0.292 e. The van der Waals surface area contributed by atoms with E-state index in [2.05, 4.69) is 5.32 Å². The number of rotatable bonds is 3. The van der Waals surface area contributed by atoms with E-state index in [4.69, 9.17) is 4.42 Å². The van der Waals surface area contributed by atoms with Gasteiger partial charge in [-0.3, -0.25) is 19.7 Å². The summed E-state index contributed by atoms with van der Waals surface area (Å²) >= 11 is 0. The van der Waals surface area contributed by atoms with Crippen LogP contribution in [0.3, 0.4) is 0 Å². The summed E-state index contributed by atoms with van der Waals surface area (Å²) in [5.74, 6) is -0.938. The largest absolute Gasteiger partial charge is 0.450 e. The number of benzene rings is 2. The van der Waals surface area contributed by atoms with Gasteiger partial charge in [0.2, 0.25) is 0 Å². The molecular formula is C17H12N2O5. The Labute approximate surface area is 135 Å². The van der Waals surface area contributed by atoms with Crippen molar-refractivity contribution in [2.75, 3.05) is 5.32 Å². The quantitative estimate of drug-likeness (QED) is 0.588. The van der Waals surface area contributed by atoms with E-state index in [0.717, 1.165) is 6.07 Å². The van der Waals surface area contributed by atoms with Crippen molar-refractivity contribution in [3.63, 3.8) is 0 Å².